The van der Waals surface area contributed by atoms with Crippen molar-refractivity contribution in [3.05, 3.63) is 16.6 Å². The molecular formula is C6H11N2S+. The van der Waals surface area contributed by atoms with Crippen molar-refractivity contribution in [3.63, 3.8) is 0 Å². The molecule has 0 bridgehead atoms. The van der Waals surface area contributed by atoms with Gasteiger partial charge in [0.2, 0.25) is 5.51 Å². The molecule has 50 valence electrons. The van der Waals surface area contributed by atoms with Gasteiger partial charge in [-0.3, -0.25) is 0 Å². The predicted molar refractivity (Wildman–Crippen MR) is 38.3 cm³/mol. The maximum absolute atomic E-state index is 5.38. The third-order valence-corrected chi connectivity index (χ3v) is 2.12. The Morgan fingerprint density at radius 3 is 3.00 bits per heavy atom. The number of aromatic nitrogens is 1. The third kappa shape index (κ3) is 1.50. The Kier molecular flexibility index (Phi) is 2.19. The van der Waals surface area contributed by atoms with Crippen LogP contribution >= 0.6 is 11.3 Å². The maximum Gasteiger partial charge on any atom is 0.224 e. The first kappa shape index (κ1) is 6.71. The topological polar surface area (TPSA) is 29.9 Å². The van der Waals surface area contributed by atoms with Gasteiger partial charge in [0.15, 0.2) is 5.69 Å². The van der Waals surface area contributed by atoms with Crippen LogP contribution in [0.4, 0.5) is 0 Å². The van der Waals surface area contributed by atoms with E-state index in [1.54, 1.807) is 11.3 Å². The van der Waals surface area contributed by atoms with Crippen molar-refractivity contribution >= 4 is 11.3 Å². The summed E-state index contributed by atoms with van der Waals surface area (Å²) in [6.45, 7) is 0.741. The second-order valence-electron chi connectivity index (χ2n) is 2.00. The molecule has 2 N–H and O–H groups in total. The van der Waals surface area contributed by atoms with Gasteiger partial charge in [0.1, 0.15) is 7.05 Å². The van der Waals surface area contributed by atoms with Crippen LogP contribution in [0.25, 0.3) is 0 Å². The van der Waals surface area contributed by atoms with Crippen LogP contribution in [-0.2, 0) is 13.5 Å². The monoisotopic (exact) mass is 143 g/mol. The zero-order valence-electron chi connectivity index (χ0n) is 5.50. The van der Waals surface area contributed by atoms with E-state index >= 15 is 0 Å². The van der Waals surface area contributed by atoms with Gasteiger partial charge in [0.25, 0.3) is 0 Å². The molecule has 3 heteroatoms. The summed E-state index contributed by atoms with van der Waals surface area (Å²) < 4.78 is 2.11. The average molecular weight is 143 g/mol. The number of nitrogens with two attached hydrogens (primary N) is 1. The minimum atomic E-state index is 0.741. The van der Waals surface area contributed by atoms with Gasteiger partial charge in [-0.15, -0.1) is 0 Å². The predicted octanol–water partition coefficient (Wildman–Crippen LogP) is 0.0738. The molecule has 0 aliphatic heterocycles. The molecule has 1 aromatic rings. The number of nitrogens with zero attached hydrogens (tertiary/aromatic N) is 1. The van der Waals surface area contributed by atoms with Gasteiger partial charge in [0, 0.05) is 13.0 Å². The molecule has 0 radical (unpaired) electrons. The SMILES string of the molecule is C[n+]1cscc1CCN. The lowest BCUT2D eigenvalue weighted by Crippen LogP contribution is -2.30. The lowest BCUT2D eigenvalue weighted by atomic mass is 10.3. The van der Waals surface area contributed by atoms with E-state index < -0.39 is 0 Å². The highest BCUT2D eigenvalue weighted by molar-refractivity contribution is 7.07. The fraction of sp³-hybridized carbons (Fsp3) is 0.500. The largest absolute Gasteiger partial charge is 0.330 e. The summed E-state index contributed by atoms with van der Waals surface area (Å²) in [6, 6.07) is 0. The normalized spacial score (nSPS) is 10.0. The van der Waals surface area contributed by atoms with E-state index in [9.17, 15) is 0 Å². The van der Waals surface area contributed by atoms with Crippen LogP contribution in [0.15, 0.2) is 10.9 Å². The van der Waals surface area contributed by atoms with Gasteiger partial charge in [-0.05, 0) is 0 Å². The molecular weight excluding hydrogens is 132 g/mol. The second kappa shape index (κ2) is 2.94. The van der Waals surface area contributed by atoms with Crippen LogP contribution < -0.4 is 10.3 Å². The summed E-state index contributed by atoms with van der Waals surface area (Å²) in [4.78, 5) is 0. The van der Waals surface area contributed by atoms with E-state index in [2.05, 4.69) is 15.5 Å². The smallest absolute Gasteiger partial charge is 0.224 e. The van der Waals surface area contributed by atoms with Crippen LogP contribution in [0.2, 0.25) is 0 Å². The zero-order chi connectivity index (χ0) is 6.69. The number of aryl methyl sites for hydroxylation is 1. The Morgan fingerprint density at radius 2 is 2.56 bits per heavy atom. The number of hydrogen-bond donors (Lipinski definition) is 1. The van der Waals surface area contributed by atoms with E-state index in [1.807, 2.05) is 7.05 Å². The Hall–Kier alpha value is -0.410. The molecule has 1 aromatic heterocycles. The van der Waals surface area contributed by atoms with Gasteiger partial charge in [-0.2, -0.15) is 4.57 Å². The number of hydrogen-bond acceptors (Lipinski definition) is 2. The summed E-state index contributed by atoms with van der Waals surface area (Å²) in [5.41, 5.74) is 8.78. The maximum atomic E-state index is 5.38. The molecule has 1 rings (SSSR count). The lowest BCUT2D eigenvalue weighted by molar-refractivity contribution is -0.674. The Balaban J connectivity index is 2.69. The van der Waals surface area contributed by atoms with E-state index in [4.69, 9.17) is 5.73 Å². The molecule has 0 aliphatic rings. The standard InChI is InChI=1S/C6H11N2S/c1-8-5-9-4-6(8)2-3-7/h4-5H,2-3,7H2,1H3/q+1. The van der Waals surface area contributed by atoms with Crippen molar-refractivity contribution in [2.24, 2.45) is 12.8 Å². The van der Waals surface area contributed by atoms with E-state index in [-0.39, 0.29) is 0 Å². The molecule has 2 nitrogen and oxygen atoms in total. The van der Waals surface area contributed by atoms with Crippen molar-refractivity contribution in [3.8, 4) is 0 Å². The van der Waals surface area contributed by atoms with Crippen molar-refractivity contribution in [1.29, 1.82) is 0 Å². The summed E-state index contributed by atoms with van der Waals surface area (Å²) in [5, 5.41) is 2.13. The highest BCUT2D eigenvalue weighted by Crippen LogP contribution is 1.97. The summed E-state index contributed by atoms with van der Waals surface area (Å²) in [6.07, 6.45) is 0.986. The van der Waals surface area contributed by atoms with Gasteiger partial charge in [0.05, 0.1) is 5.38 Å². The molecule has 0 saturated carbocycles. The van der Waals surface area contributed by atoms with Gasteiger partial charge < -0.3 is 5.73 Å². The first-order valence-electron chi connectivity index (χ1n) is 2.95. The van der Waals surface area contributed by atoms with Crippen LogP contribution in [0.1, 0.15) is 5.69 Å². The van der Waals surface area contributed by atoms with Crippen molar-refractivity contribution < 1.29 is 4.57 Å². The average Bonchev–Trinajstić information content (AvgIpc) is 2.18. The van der Waals surface area contributed by atoms with E-state index in [0.717, 1.165) is 13.0 Å². The Morgan fingerprint density at radius 1 is 1.78 bits per heavy atom. The molecule has 0 aromatic carbocycles. The van der Waals surface area contributed by atoms with Crippen LogP contribution in [0.5, 0.6) is 0 Å². The van der Waals surface area contributed by atoms with E-state index in [1.165, 1.54) is 5.69 Å². The molecule has 0 unspecified atom stereocenters. The van der Waals surface area contributed by atoms with Gasteiger partial charge >= 0.3 is 0 Å². The zero-order valence-corrected chi connectivity index (χ0v) is 6.32. The van der Waals surface area contributed by atoms with Crippen LogP contribution in [0.3, 0.4) is 0 Å². The fourth-order valence-corrected chi connectivity index (χ4v) is 1.55. The van der Waals surface area contributed by atoms with Crippen LogP contribution in [0, 0.1) is 0 Å². The minimum Gasteiger partial charge on any atom is -0.330 e. The van der Waals surface area contributed by atoms with Crippen molar-refractivity contribution in [2.45, 2.75) is 6.42 Å². The lowest BCUT2D eigenvalue weighted by Gasteiger charge is -1.86. The highest BCUT2D eigenvalue weighted by Gasteiger charge is 2.03. The number of rotatable bonds is 2. The quantitative estimate of drug-likeness (QED) is 0.584. The summed E-state index contributed by atoms with van der Waals surface area (Å²) in [5.74, 6) is 0. The van der Waals surface area contributed by atoms with Crippen molar-refractivity contribution in [2.75, 3.05) is 6.54 Å². The molecule has 0 fully saturated rings. The summed E-state index contributed by atoms with van der Waals surface area (Å²) >= 11 is 1.71. The molecule has 0 saturated heterocycles. The Bertz CT molecular complexity index is 183. The molecule has 1 heterocycles. The molecule has 0 amide bonds. The molecule has 0 atom stereocenters. The third-order valence-electron chi connectivity index (χ3n) is 1.28. The second-order valence-corrected chi connectivity index (χ2v) is 2.72. The fourth-order valence-electron chi connectivity index (χ4n) is 0.734. The summed E-state index contributed by atoms with van der Waals surface area (Å²) in [7, 11) is 2.04. The first-order valence-corrected chi connectivity index (χ1v) is 3.89. The van der Waals surface area contributed by atoms with E-state index in [0.29, 0.717) is 0 Å². The molecule has 9 heavy (non-hydrogen) atoms. The Labute approximate surface area is 58.9 Å². The highest BCUT2D eigenvalue weighted by atomic mass is 32.1. The number of thiazole rings is 1. The molecule has 0 aliphatic carbocycles. The van der Waals surface area contributed by atoms with Crippen LogP contribution in [-0.4, -0.2) is 6.54 Å². The minimum absolute atomic E-state index is 0.741. The van der Waals surface area contributed by atoms with Gasteiger partial charge in [-0.1, -0.05) is 11.3 Å². The first-order chi connectivity index (χ1) is 4.34. The van der Waals surface area contributed by atoms with Crippen molar-refractivity contribution in [1.82, 2.24) is 0 Å². The molecule has 0 spiro atoms. The van der Waals surface area contributed by atoms with Gasteiger partial charge in [-0.25, -0.2) is 0 Å².